The molecule has 0 atom stereocenters. The second-order valence-corrected chi connectivity index (χ2v) is 3.21. The summed E-state index contributed by atoms with van der Waals surface area (Å²) in [4.78, 5) is 14.5. The van der Waals surface area contributed by atoms with E-state index in [2.05, 4.69) is 10.1 Å². The molecule has 8 heteroatoms. The molecule has 2 heterocycles. The van der Waals surface area contributed by atoms with Crippen molar-refractivity contribution in [3.63, 3.8) is 0 Å². The molecule has 0 aliphatic rings. The lowest BCUT2D eigenvalue weighted by molar-refractivity contribution is 0.0661. The van der Waals surface area contributed by atoms with E-state index in [0.29, 0.717) is 4.57 Å². The van der Waals surface area contributed by atoms with E-state index in [9.17, 15) is 13.6 Å². The second kappa shape index (κ2) is 4.32. The monoisotopic (exact) mass is 242 g/mol. The van der Waals surface area contributed by atoms with Crippen LogP contribution in [0.4, 0.5) is 8.78 Å². The van der Waals surface area contributed by atoms with Gasteiger partial charge in [-0.05, 0) is 6.07 Å². The average Bonchev–Trinajstić information content (AvgIpc) is 2.86. The molecule has 1 N–H and O–H groups in total. The fourth-order valence-electron chi connectivity index (χ4n) is 1.42. The van der Waals surface area contributed by atoms with Gasteiger partial charge in [-0.25, -0.2) is 9.78 Å². The number of nitrogens with zero attached hydrogens (tertiary/aromatic N) is 4. The number of carboxylic acids is 1. The van der Waals surface area contributed by atoms with Crippen molar-refractivity contribution in [2.45, 2.75) is 13.1 Å². The van der Waals surface area contributed by atoms with Crippen molar-refractivity contribution < 1.29 is 18.7 Å². The van der Waals surface area contributed by atoms with Crippen LogP contribution in [0.25, 0.3) is 0 Å². The van der Waals surface area contributed by atoms with Gasteiger partial charge in [-0.2, -0.15) is 13.9 Å². The Kier molecular flexibility index (Phi) is 2.86. The van der Waals surface area contributed by atoms with Crippen molar-refractivity contribution in [3.05, 3.63) is 36.2 Å². The van der Waals surface area contributed by atoms with E-state index >= 15 is 0 Å². The SMILES string of the molecule is O=C(O)c1ccnn1Cc1nccn1C(F)F. The first kappa shape index (κ1) is 11.2. The van der Waals surface area contributed by atoms with Crippen LogP contribution in [0.5, 0.6) is 0 Å². The van der Waals surface area contributed by atoms with Crippen molar-refractivity contribution in [3.8, 4) is 0 Å². The highest BCUT2D eigenvalue weighted by atomic mass is 19.3. The predicted molar refractivity (Wildman–Crippen MR) is 51.8 cm³/mol. The van der Waals surface area contributed by atoms with Crippen molar-refractivity contribution >= 4 is 5.97 Å². The van der Waals surface area contributed by atoms with Crippen molar-refractivity contribution in [1.82, 2.24) is 19.3 Å². The highest BCUT2D eigenvalue weighted by Gasteiger charge is 2.15. The zero-order valence-corrected chi connectivity index (χ0v) is 8.49. The van der Waals surface area contributed by atoms with Crippen molar-refractivity contribution in [2.24, 2.45) is 0 Å². The molecule has 0 bridgehead atoms. The van der Waals surface area contributed by atoms with E-state index < -0.39 is 12.5 Å². The van der Waals surface area contributed by atoms with Crippen LogP contribution in [0.2, 0.25) is 0 Å². The highest BCUT2D eigenvalue weighted by molar-refractivity contribution is 5.85. The number of alkyl halides is 2. The van der Waals surface area contributed by atoms with Crippen LogP contribution in [0, 0.1) is 0 Å². The van der Waals surface area contributed by atoms with Crippen LogP contribution in [0.3, 0.4) is 0 Å². The van der Waals surface area contributed by atoms with E-state index in [-0.39, 0.29) is 18.1 Å². The summed E-state index contributed by atoms with van der Waals surface area (Å²) in [5.41, 5.74) is -0.0752. The zero-order valence-electron chi connectivity index (χ0n) is 8.49. The summed E-state index contributed by atoms with van der Waals surface area (Å²) in [6, 6.07) is 1.29. The van der Waals surface area contributed by atoms with Gasteiger partial charge in [0.15, 0.2) is 0 Å². The molecular weight excluding hydrogens is 234 g/mol. The standard InChI is InChI=1S/C9H8F2N4O2/c10-9(11)14-4-3-12-7(14)5-15-6(8(16)17)1-2-13-15/h1-4,9H,5H2,(H,16,17). The first-order valence-corrected chi connectivity index (χ1v) is 4.64. The molecule has 0 aliphatic carbocycles. The molecule has 0 radical (unpaired) electrons. The first-order chi connectivity index (χ1) is 8.09. The molecule has 0 unspecified atom stereocenters. The Labute approximate surface area is 94.1 Å². The minimum absolute atomic E-state index is 0.0474. The highest BCUT2D eigenvalue weighted by Crippen LogP contribution is 2.13. The smallest absolute Gasteiger partial charge is 0.354 e. The van der Waals surface area contributed by atoms with Gasteiger partial charge in [0, 0.05) is 18.6 Å². The molecule has 2 aromatic rings. The minimum atomic E-state index is -2.71. The largest absolute Gasteiger partial charge is 0.477 e. The number of carbonyl (C=O) groups is 1. The van der Waals surface area contributed by atoms with E-state index in [1.807, 2.05) is 0 Å². The molecule has 2 rings (SSSR count). The summed E-state index contributed by atoms with van der Waals surface area (Å²) in [5.74, 6) is -1.12. The molecule has 0 fully saturated rings. The van der Waals surface area contributed by atoms with Gasteiger partial charge in [0.25, 0.3) is 0 Å². The molecule has 2 aromatic heterocycles. The van der Waals surface area contributed by atoms with E-state index in [1.165, 1.54) is 18.5 Å². The number of aromatic nitrogens is 4. The third kappa shape index (κ3) is 2.14. The summed E-state index contributed by atoms with van der Waals surface area (Å²) < 4.78 is 26.8. The van der Waals surface area contributed by atoms with Crippen LogP contribution in [0.15, 0.2) is 24.7 Å². The van der Waals surface area contributed by atoms with Crippen LogP contribution in [-0.4, -0.2) is 30.4 Å². The first-order valence-electron chi connectivity index (χ1n) is 4.64. The molecule has 0 aromatic carbocycles. The number of carboxylic acid groups (broad SMARTS) is 1. The van der Waals surface area contributed by atoms with Crippen LogP contribution < -0.4 is 0 Å². The third-order valence-electron chi connectivity index (χ3n) is 2.19. The van der Waals surface area contributed by atoms with E-state index in [1.54, 1.807) is 0 Å². The van der Waals surface area contributed by atoms with Gasteiger partial charge in [-0.3, -0.25) is 9.25 Å². The summed E-state index contributed by atoms with van der Waals surface area (Å²) in [5, 5.41) is 12.6. The van der Waals surface area contributed by atoms with Crippen molar-refractivity contribution in [2.75, 3.05) is 0 Å². The van der Waals surface area contributed by atoms with Gasteiger partial charge in [0.1, 0.15) is 18.1 Å². The van der Waals surface area contributed by atoms with E-state index in [4.69, 9.17) is 5.11 Å². The summed E-state index contributed by atoms with van der Waals surface area (Å²) in [6.45, 7) is -2.83. The molecule has 0 aliphatic heterocycles. The maximum Gasteiger partial charge on any atom is 0.354 e. The number of rotatable bonds is 4. The lowest BCUT2D eigenvalue weighted by Crippen LogP contribution is -2.14. The second-order valence-electron chi connectivity index (χ2n) is 3.21. The number of aromatic carboxylic acids is 1. The number of imidazole rings is 1. The molecule has 0 spiro atoms. The van der Waals surface area contributed by atoms with Gasteiger partial charge in [-0.15, -0.1) is 0 Å². The normalized spacial score (nSPS) is 11.0. The van der Waals surface area contributed by atoms with Gasteiger partial charge >= 0.3 is 12.5 Å². The number of halogens is 2. The Bertz CT molecular complexity index is 535. The quantitative estimate of drug-likeness (QED) is 0.874. The molecular formula is C9H8F2N4O2. The maximum absolute atomic E-state index is 12.5. The molecule has 0 amide bonds. The summed E-state index contributed by atoms with van der Waals surface area (Å²) in [6.07, 6.45) is 3.65. The molecule has 6 nitrogen and oxygen atoms in total. The predicted octanol–water partition coefficient (Wildman–Crippen LogP) is 1.22. The fourth-order valence-corrected chi connectivity index (χ4v) is 1.42. The Morgan fingerprint density at radius 1 is 1.47 bits per heavy atom. The van der Waals surface area contributed by atoms with Crippen LogP contribution >= 0.6 is 0 Å². The molecule has 0 saturated heterocycles. The van der Waals surface area contributed by atoms with Gasteiger partial charge in [0.2, 0.25) is 0 Å². The Morgan fingerprint density at radius 2 is 2.24 bits per heavy atom. The average molecular weight is 242 g/mol. The molecule has 17 heavy (non-hydrogen) atoms. The van der Waals surface area contributed by atoms with Crippen LogP contribution in [-0.2, 0) is 6.54 Å². The Morgan fingerprint density at radius 3 is 2.88 bits per heavy atom. The number of hydrogen-bond acceptors (Lipinski definition) is 3. The number of hydrogen-bond donors (Lipinski definition) is 1. The topological polar surface area (TPSA) is 72.9 Å². The van der Waals surface area contributed by atoms with Crippen LogP contribution in [0.1, 0.15) is 22.9 Å². The van der Waals surface area contributed by atoms with Gasteiger partial charge in [-0.1, -0.05) is 0 Å². The maximum atomic E-state index is 12.5. The van der Waals surface area contributed by atoms with Gasteiger partial charge in [0.05, 0.1) is 0 Å². The lowest BCUT2D eigenvalue weighted by atomic mass is 10.4. The van der Waals surface area contributed by atoms with Gasteiger partial charge < -0.3 is 5.11 Å². The summed E-state index contributed by atoms with van der Waals surface area (Å²) >= 11 is 0. The van der Waals surface area contributed by atoms with E-state index in [0.717, 1.165) is 10.9 Å². The molecule has 90 valence electrons. The Balaban J connectivity index is 2.29. The lowest BCUT2D eigenvalue weighted by Gasteiger charge is -2.07. The fraction of sp³-hybridized carbons (Fsp3) is 0.222. The Hall–Kier alpha value is -2.25. The van der Waals surface area contributed by atoms with Crippen molar-refractivity contribution in [1.29, 1.82) is 0 Å². The third-order valence-corrected chi connectivity index (χ3v) is 2.19. The summed E-state index contributed by atoms with van der Waals surface area (Å²) in [7, 11) is 0. The minimum Gasteiger partial charge on any atom is -0.477 e. The molecule has 0 saturated carbocycles. The zero-order chi connectivity index (χ0) is 12.4.